The highest BCUT2D eigenvalue weighted by atomic mass is 35.5. The number of hydrogen-bond donors (Lipinski definition) is 0. The van der Waals surface area contributed by atoms with Crippen molar-refractivity contribution < 1.29 is 8.42 Å². The van der Waals surface area contributed by atoms with E-state index >= 15 is 0 Å². The van der Waals surface area contributed by atoms with Crippen LogP contribution in [0.1, 0.15) is 11.1 Å². The Kier molecular flexibility index (Phi) is 4.52. The number of nitrogens with zero attached hydrogens (tertiary/aromatic N) is 2. The second-order valence-electron chi connectivity index (χ2n) is 4.30. The molecule has 0 saturated carbocycles. The van der Waals surface area contributed by atoms with Gasteiger partial charge >= 0.3 is 0 Å². The summed E-state index contributed by atoms with van der Waals surface area (Å²) < 4.78 is 27.3. The molecule has 4 nitrogen and oxygen atoms in total. The molecule has 0 aliphatic rings. The molecule has 104 valence electrons. The van der Waals surface area contributed by atoms with E-state index in [9.17, 15) is 8.42 Å². The molecule has 0 amide bonds. The Hall–Kier alpha value is -1.72. The van der Waals surface area contributed by atoms with Crippen LogP contribution >= 0.6 is 11.6 Å². The maximum Gasteiger partial charge on any atom is 0.299 e. The van der Waals surface area contributed by atoms with Gasteiger partial charge in [-0.15, -0.1) is 0 Å². The van der Waals surface area contributed by atoms with Crippen molar-refractivity contribution in [1.82, 2.24) is 0 Å². The Bertz CT molecular complexity index is 708. The molecule has 2 aromatic rings. The minimum Gasteiger partial charge on any atom is -0.198 e. The summed E-state index contributed by atoms with van der Waals surface area (Å²) >= 11 is 5.76. The van der Waals surface area contributed by atoms with Crippen LogP contribution < -0.4 is 0 Å². The lowest BCUT2D eigenvalue weighted by molar-refractivity contribution is 0.594. The van der Waals surface area contributed by atoms with Gasteiger partial charge in [-0.1, -0.05) is 45.9 Å². The van der Waals surface area contributed by atoms with Crippen molar-refractivity contribution in [2.24, 2.45) is 9.63 Å². The van der Waals surface area contributed by atoms with Crippen LogP contribution in [0.25, 0.3) is 0 Å². The molecule has 0 aliphatic heterocycles. The zero-order chi connectivity index (χ0) is 14.6. The van der Waals surface area contributed by atoms with Gasteiger partial charge in [-0.05, 0) is 36.8 Å². The molecule has 2 aromatic carbocycles. The standard InChI is InChI=1S/C14H13ClN2O2S/c1-11-2-8-14(9-3-11)20(18,19)17-16-10-12-4-6-13(15)7-5-12/h2-9H,10H2,1H3. The van der Waals surface area contributed by atoms with Crippen LogP contribution in [0, 0.1) is 6.92 Å². The van der Waals surface area contributed by atoms with Gasteiger partial charge in [0, 0.05) is 5.02 Å². The molecule has 0 saturated heterocycles. The third-order valence-electron chi connectivity index (χ3n) is 2.65. The Morgan fingerprint density at radius 1 is 1.00 bits per heavy atom. The second-order valence-corrected chi connectivity index (χ2v) is 6.32. The molecule has 0 radical (unpaired) electrons. The van der Waals surface area contributed by atoms with Crippen LogP contribution in [0.2, 0.25) is 5.02 Å². The number of sulfonamides is 1. The van der Waals surface area contributed by atoms with Gasteiger partial charge in [0.05, 0.1) is 11.4 Å². The molecule has 0 bridgehead atoms. The number of benzene rings is 2. The summed E-state index contributed by atoms with van der Waals surface area (Å²) in [6.45, 7) is 2.08. The molecule has 0 unspecified atom stereocenters. The monoisotopic (exact) mass is 308 g/mol. The van der Waals surface area contributed by atoms with Crippen LogP contribution in [0.3, 0.4) is 0 Å². The fourth-order valence-electron chi connectivity index (χ4n) is 1.53. The van der Waals surface area contributed by atoms with Crippen molar-refractivity contribution in [1.29, 1.82) is 0 Å². The van der Waals surface area contributed by atoms with Crippen LogP contribution in [-0.2, 0) is 16.6 Å². The molecule has 0 aliphatic carbocycles. The van der Waals surface area contributed by atoms with Crippen molar-refractivity contribution in [2.45, 2.75) is 18.4 Å². The summed E-state index contributed by atoms with van der Waals surface area (Å²) in [5.41, 5.74) is 1.83. The van der Waals surface area contributed by atoms with Gasteiger partial charge in [-0.2, -0.15) is 13.5 Å². The van der Waals surface area contributed by atoms with Gasteiger partial charge in [0.1, 0.15) is 0 Å². The maximum atomic E-state index is 11.9. The number of aryl methyl sites for hydroxylation is 1. The minimum absolute atomic E-state index is 0.142. The van der Waals surface area contributed by atoms with Crippen molar-refractivity contribution in [2.75, 3.05) is 0 Å². The molecule has 20 heavy (non-hydrogen) atoms. The average molecular weight is 309 g/mol. The lowest BCUT2D eigenvalue weighted by atomic mass is 10.2. The molecular weight excluding hydrogens is 296 g/mol. The Labute approximate surface area is 123 Å². The van der Waals surface area contributed by atoms with Crippen molar-refractivity contribution in [3.8, 4) is 0 Å². The lowest BCUT2D eigenvalue weighted by Gasteiger charge is -1.99. The first kappa shape index (κ1) is 14.7. The molecule has 0 atom stereocenters. The third-order valence-corrected chi connectivity index (χ3v) is 4.10. The summed E-state index contributed by atoms with van der Waals surface area (Å²) in [6, 6.07) is 13.5. The summed E-state index contributed by atoms with van der Waals surface area (Å²) in [7, 11) is -3.72. The van der Waals surface area contributed by atoms with E-state index in [1.165, 1.54) is 12.1 Å². The van der Waals surface area contributed by atoms with E-state index in [-0.39, 0.29) is 11.4 Å². The maximum absolute atomic E-state index is 11.9. The molecular formula is C14H13ClN2O2S. The van der Waals surface area contributed by atoms with E-state index in [1.807, 2.05) is 6.92 Å². The van der Waals surface area contributed by atoms with Crippen LogP contribution in [0.15, 0.2) is 63.1 Å². The molecule has 0 aromatic heterocycles. The first-order valence-electron chi connectivity index (χ1n) is 5.92. The predicted octanol–water partition coefficient (Wildman–Crippen LogP) is 3.99. The van der Waals surface area contributed by atoms with Crippen molar-refractivity contribution in [3.63, 3.8) is 0 Å². The van der Waals surface area contributed by atoms with E-state index < -0.39 is 10.0 Å². The highest BCUT2D eigenvalue weighted by Gasteiger charge is 2.11. The zero-order valence-electron chi connectivity index (χ0n) is 10.8. The van der Waals surface area contributed by atoms with Gasteiger partial charge in [0.15, 0.2) is 0 Å². The lowest BCUT2D eigenvalue weighted by Crippen LogP contribution is -1.96. The molecule has 6 heteroatoms. The van der Waals surface area contributed by atoms with Gasteiger partial charge < -0.3 is 0 Å². The summed E-state index contributed by atoms with van der Waals surface area (Å²) in [6.07, 6.45) is 0. The second kappa shape index (κ2) is 6.15. The topological polar surface area (TPSA) is 58.9 Å². The summed E-state index contributed by atoms with van der Waals surface area (Å²) in [4.78, 5) is 0.142. The number of rotatable bonds is 4. The first-order valence-corrected chi connectivity index (χ1v) is 7.74. The summed E-state index contributed by atoms with van der Waals surface area (Å²) in [5.74, 6) is 0. The normalized spacial score (nSPS) is 11.9. The van der Waals surface area contributed by atoms with E-state index in [2.05, 4.69) is 9.63 Å². The highest BCUT2D eigenvalue weighted by molar-refractivity contribution is 7.90. The quantitative estimate of drug-likeness (QED) is 0.802. The smallest absolute Gasteiger partial charge is 0.198 e. The molecule has 0 fully saturated rings. The van der Waals surface area contributed by atoms with Crippen molar-refractivity contribution in [3.05, 3.63) is 64.7 Å². The molecule has 0 spiro atoms. The first-order chi connectivity index (χ1) is 9.47. The SMILES string of the molecule is Cc1ccc(S(=O)(=O)N=NCc2ccc(Cl)cc2)cc1. The number of hydrogen-bond acceptors (Lipinski definition) is 3. The Morgan fingerprint density at radius 2 is 1.60 bits per heavy atom. The van der Waals surface area contributed by atoms with Crippen LogP contribution in [-0.4, -0.2) is 8.42 Å². The molecule has 0 N–H and O–H groups in total. The fourth-order valence-corrected chi connectivity index (χ4v) is 2.44. The van der Waals surface area contributed by atoms with E-state index in [1.54, 1.807) is 36.4 Å². The Balaban J connectivity index is 2.10. The third kappa shape index (κ3) is 3.88. The predicted molar refractivity (Wildman–Crippen MR) is 78.4 cm³/mol. The fraction of sp³-hybridized carbons (Fsp3) is 0.143. The summed E-state index contributed by atoms with van der Waals surface area (Å²) in [5, 5.41) is 4.36. The number of halogens is 1. The molecule has 2 rings (SSSR count). The highest BCUT2D eigenvalue weighted by Crippen LogP contribution is 2.15. The van der Waals surface area contributed by atoms with E-state index in [0.717, 1.165) is 11.1 Å². The van der Waals surface area contributed by atoms with Crippen molar-refractivity contribution >= 4 is 21.6 Å². The minimum atomic E-state index is -3.72. The van der Waals surface area contributed by atoms with Gasteiger partial charge in [0.2, 0.25) is 0 Å². The van der Waals surface area contributed by atoms with Crippen LogP contribution in [0.4, 0.5) is 0 Å². The Morgan fingerprint density at radius 3 is 2.20 bits per heavy atom. The zero-order valence-corrected chi connectivity index (χ0v) is 12.4. The van der Waals surface area contributed by atoms with Crippen LogP contribution in [0.5, 0.6) is 0 Å². The molecule has 0 heterocycles. The average Bonchev–Trinajstić information content (AvgIpc) is 2.41. The van der Waals surface area contributed by atoms with Gasteiger partial charge in [-0.25, -0.2) is 0 Å². The van der Waals surface area contributed by atoms with Gasteiger partial charge in [0.25, 0.3) is 10.0 Å². The van der Waals surface area contributed by atoms with E-state index in [0.29, 0.717) is 5.02 Å². The van der Waals surface area contributed by atoms with E-state index in [4.69, 9.17) is 11.6 Å². The van der Waals surface area contributed by atoms with Gasteiger partial charge in [-0.3, -0.25) is 0 Å². The largest absolute Gasteiger partial charge is 0.299 e.